The Morgan fingerprint density at radius 3 is 2.57 bits per heavy atom. The van der Waals surface area contributed by atoms with Gasteiger partial charge in [0.1, 0.15) is 24.0 Å². The van der Waals surface area contributed by atoms with Gasteiger partial charge in [0, 0.05) is 43.1 Å². The van der Waals surface area contributed by atoms with Crippen molar-refractivity contribution < 1.29 is 18.3 Å². The lowest BCUT2D eigenvalue weighted by molar-refractivity contribution is -0.131. The van der Waals surface area contributed by atoms with E-state index in [1.165, 1.54) is 47.0 Å². The third kappa shape index (κ3) is 4.20. The van der Waals surface area contributed by atoms with E-state index in [-0.39, 0.29) is 29.2 Å². The lowest BCUT2D eigenvalue weighted by Crippen LogP contribution is -2.53. The summed E-state index contributed by atoms with van der Waals surface area (Å²) < 4.78 is 40.2. The van der Waals surface area contributed by atoms with Crippen molar-refractivity contribution in [1.82, 2.24) is 24.1 Å². The van der Waals surface area contributed by atoms with Gasteiger partial charge in [0.25, 0.3) is 11.5 Å². The number of rotatable bonds is 7. The van der Waals surface area contributed by atoms with Gasteiger partial charge in [-0.2, -0.15) is 10.0 Å². The maximum absolute atomic E-state index is 13.3. The van der Waals surface area contributed by atoms with Crippen molar-refractivity contribution >= 4 is 17.1 Å². The van der Waals surface area contributed by atoms with Gasteiger partial charge in [-0.1, -0.05) is 16.8 Å². The zero-order valence-electron chi connectivity index (χ0n) is 18.2. The molecule has 35 heavy (non-hydrogen) atoms. The third-order valence-electron chi connectivity index (χ3n) is 5.70. The molecule has 0 spiro atoms. The van der Waals surface area contributed by atoms with Crippen LogP contribution in [-0.2, 0) is 0 Å². The Morgan fingerprint density at radius 2 is 1.91 bits per heavy atom. The summed E-state index contributed by atoms with van der Waals surface area (Å²) in [6.07, 6.45) is 4.56. The standard InChI is InChI=1S/C22H17ClF2N6O4/c1-34-18-5-15(2-3-17(18)35-11-21(29-33)9-22(24,25)10-21)30-12-28-31-8-13(4-16(31)20(30)32)19-26-6-14(23)7-27-19/h2-8,12H,9-11H2,1H3. The van der Waals surface area contributed by atoms with Gasteiger partial charge in [-0.05, 0) is 18.2 Å². The number of hydrogen-bond acceptors (Lipinski definition) is 8. The number of fused-ring (bicyclic) bond motifs is 1. The van der Waals surface area contributed by atoms with Gasteiger partial charge in [-0.3, -0.25) is 9.36 Å². The van der Waals surface area contributed by atoms with Gasteiger partial charge in [-0.25, -0.2) is 23.3 Å². The molecule has 10 nitrogen and oxygen atoms in total. The first-order valence-electron chi connectivity index (χ1n) is 10.3. The van der Waals surface area contributed by atoms with Crippen LogP contribution >= 0.6 is 11.6 Å². The molecule has 3 aromatic heterocycles. The second-order valence-electron chi connectivity index (χ2n) is 8.24. The van der Waals surface area contributed by atoms with E-state index in [2.05, 4.69) is 20.2 Å². The molecule has 1 aromatic carbocycles. The van der Waals surface area contributed by atoms with Crippen LogP contribution in [0.1, 0.15) is 12.8 Å². The molecule has 4 aromatic rings. The highest BCUT2D eigenvalue weighted by Crippen LogP contribution is 2.48. The molecule has 1 aliphatic carbocycles. The summed E-state index contributed by atoms with van der Waals surface area (Å²) in [4.78, 5) is 32.6. The smallest absolute Gasteiger partial charge is 0.282 e. The van der Waals surface area contributed by atoms with Crippen LogP contribution in [0.2, 0.25) is 5.02 Å². The van der Waals surface area contributed by atoms with Crippen LogP contribution in [0.25, 0.3) is 22.6 Å². The van der Waals surface area contributed by atoms with E-state index >= 15 is 0 Å². The van der Waals surface area contributed by atoms with Crippen LogP contribution in [0.15, 0.2) is 59.2 Å². The molecular weight excluding hydrogens is 486 g/mol. The zero-order valence-corrected chi connectivity index (χ0v) is 18.9. The minimum Gasteiger partial charge on any atom is -0.493 e. The number of hydrogen-bond donors (Lipinski definition) is 0. The molecule has 0 atom stereocenters. The summed E-state index contributed by atoms with van der Waals surface area (Å²) in [5, 5.41) is 7.53. The largest absolute Gasteiger partial charge is 0.493 e. The summed E-state index contributed by atoms with van der Waals surface area (Å²) in [6, 6.07) is 6.26. The third-order valence-corrected chi connectivity index (χ3v) is 5.89. The average molecular weight is 503 g/mol. The van der Waals surface area contributed by atoms with Crippen LogP contribution in [0.4, 0.5) is 8.78 Å². The number of nitroso groups, excluding NO2 is 1. The average Bonchev–Trinajstić information content (AvgIpc) is 3.27. The fraction of sp³-hybridized carbons (Fsp3) is 0.273. The summed E-state index contributed by atoms with van der Waals surface area (Å²) in [5.41, 5.74) is -0.538. The number of benzene rings is 1. The van der Waals surface area contributed by atoms with E-state index in [1.54, 1.807) is 18.3 Å². The molecule has 0 unspecified atom stereocenters. The van der Waals surface area contributed by atoms with Crippen molar-refractivity contribution in [3.8, 4) is 28.6 Å². The van der Waals surface area contributed by atoms with Crippen molar-refractivity contribution in [3.63, 3.8) is 0 Å². The van der Waals surface area contributed by atoms with Gasteiger partial charge in [-0.15, -0.1) is 0 Å². The fourth-order valence-corrected chi connectivity index (χ4v) is 4.10. The summed E-state index contributed by atoms with van der Waals surface area (Å²) >= 11 is 5.83. The van der Waals surface area contributed by atoms with E-state index < -0.39 is 24.3 Å². The monoisotopic (exact) mass is 502 g/mol. The number of ether oxygens (including phenoxy) is 2. The molecule has 0 amide bonds. The Bertz CT molecular complexity index is 1480. The first-order valence-corrected chi connectivity index (χ1v) is 10.7. The number of methoxy groups -OCH3 is 1. The SMILES string of the molecule is COc1cc(-n2cnn3cc(-c4ncc(Cl)cn4)cc3c2=O)ccc1OCC1(N=O)CC(F)(F)C1. The van der Waals surface area contributed by atoms with Crippen LogP contribution in [0.3, 0.4) is 0 Å². The molecule has 1 fully saturated rings. The van der Waals surface area contributed by atoms with E-state index in [1.807, 2.05) is 0 Å². The van der Waals surface area contributed by atoms with Gasteiger partial charge < -0.3 is 9.47 Å². The molecule has 0 bridgehead atoms. The maximum Gasteiger partial charge on any atom is 0.282 e. The highest BCUT2D eigenvalue weighted by atomic mass is 35.5. The number of alkyl halides is 2. The Kier molecular flexibility index (Phi) is 5.47. The molecule has 0 N–H and O–H groups in total. The molecule has 1 aliphatic rings. The first kappa shape index (κ1) is 22.8. The molecule has 3 heterocycles. The lowest BCUT2D eigenvalue weighted by Gasteiger charge is -2.41. The Morgan fingerprint density at radius 1 is 1.17 bits per heavy atom. The van der Waals surface area contributed by atoms with Gasteiger partial charge in [0.15, 0.2) is 17.3 Å². The summed E-state index contributed by atoms with van der Waals surface area (Å²) in [5.74, 6) is -2.06. The van der Waals surface area contributed by atoms with E-state index in [0.29, 0.717) is 22.1 Å². The predicted octanol–water partition coefficient (Wildman–Crippen LogP) is 3.92. The minimum atomic E-state index is -2.92. The number of halogens is 3. The molecule has 0 aliphatic heterocycles. The topological polar surface area (TPSA) is 113 Å². The summed E-state index contributed by atoms with van der Waals surface area (Å²) in [7, 11) is 1.40. The molecule has 1 saturated carbocycles. The Hall–Kier alpha value is -3.93. The minimum absolute atomic E-state index is 0.224. The van der Waals surface area contributed by atoms with E-state index in [0.717, 1.165) is 0 Å². The van der Waals surface area contributed by atoms with E-state index in [4.69, 9.17) is 21.1 Å². The number of nitrogens with zero attached hydrogens (tertiary/aromatic N) is 6. The first-order chi connectivity index (χ1) is 16.7. The van der Waals surface area contributed by atoms with Crippen molar-refractivity contribution in [1.29, 1.82) is 0 Å². The van der Waals surface area contributed by atoms with Crippen LogP contribution in [-0.4, -0.2) is 49.3 Å². The van der Waals surface area contributed by atoms with Gasteiger partial charge in [0.05, 0.1) is 17.8 Å². The van der Waals surface area contributed by atoms with Crippen molar-refractivity contribution in [3.05, 3.63) is 69.5 Å². The highest BCUT2D eigenvalue weighted by molar-refractivity contribution is 6.30. The van der Waals surface area contributed by atoms with Crippen molar-refractivity contribution in [2.75, 3.05) is 13.7 Å². The van der Waals surface area contributed by atoms with Crippen LogP contribution < -0.4 is 15.0 Å². The molecule has 180 valence electrons. The molecule has 13 heteroatoms. The van der Waals surface area contributed by atoms with Crippen molar-refractivity contribution in [2.45, 2.75) is 24.3 Å². The molecule has 0 saturated heterocycles. The van der Waals surface area contributed by atoms with Gasteiger partial charge in [0.2, 0.25) is 0 Å². The van der Waals surface area contributed by atoms with Crippen molar-refractivity contribution in [2.24, 2.45) is 5.18 Å². The lowest BCUT2D eigenvalue weighted by atomic mass is 9.75. The predicted molar refractivity (Wildman–Crippen MR) is 122 cm³/mol. The second-order valence-corrected chi connectivity index (χ2v) is 8.67. The molecule has 0 radical (unpaired) electrons. The number of aromatic nitrogens is 5. The zero-order chi connectivity index (χ0) is 24.8. The molecule has 5 rings (SSSR count). The maximum atomic E-state index is 13.3. The fourth-order valence-electron chi connectivity index (χ4n) is 4.00. The highest BCUT2D eigenvalue weighted by Gasteiger charge is 2.59. The van der Waals surface area contributed by atoms with E-state index in [9.17, 15) is 18.5 Å². The Balaban J connectivity index is 1.43. The van der Waals surface area contributed by atoms with Crippen LogP contribution in [0.5, 0.6) is 11.5 Å². The Labute approximate surface area is 201 Å². The second kappa shape index (κ2) is 8.38. The van der Waals surface area contributed by atoms with Gasteiger partial charge >= 0.3 is 0 Å². The van der Waals surface area contributed by atoms with Crippen LogP contribution in [0, 0.1) is 4.91 Å². The quantitative estimate of drug-likeness (QED) is 0.352. The summed E-state index contributed by atoms with van der Waals surface area (Å²) in [6.45, 7) is -0.311. The molecular formula is C22H17ClF2N6O4. The normalized spacial score (nSPS) is 16.0.